The van der Waals surface area contributed by atoms with Gasteiger partial charge < -0.3 is 10.6 Å². The van der Waals surface area contributed by atoms with Gasteiger partial charge in [0.05, 0.1) is 5.92 Å². The van der Waals surface area contributed by atoms with E-state index in [1.807, 2.05) is 18.2 Å². The molecule has 116 valence electrons. The summed E-state index contributed by atoms with van der Waals surface area (Å²) < 4.78 is 0. The van der Waals surface area contributed by atoms with E-state index in [0.717, 1.165) is 24.8 Å². The molecule has 1 aromatic carbocycles. The molecular weight excluding hydrogens is 260 g/mol. The third kappa shape index (κ3) is 4.07. The van der Waals surface area contributed by atoms with E-state index in [4.69, 9.17) is 5.73 Å². The van der Waals surface area contributed by atoms with Gasteiger partial charge in [0.25, 0.3) is 0 Å². The van der Waals surface area contributed by atoms with Gasteiger partial charge in [0.2, 0.25) is 5.91 Å². The van der Waals surface area contributed by atoms with Crippen LogP contribution in [-0.2, 0) is 4.79 Å². The quantitative estimate of drug-likeness (QED) is 0.873. The predicted octanol–water partition coefficient (Wildman–Crippen LogP) is 3.30. The van der Waals surface area contributed by atoms with E-state index in [0.29, 0.717) is 19.1 Å². The lowest BCUT2D eigenvalue weighted by molar-refractivity contribution is -0.135. The van der Waals surface area contributed by atoms with Crippen LogP contribution in [0.1, 0.15) is 56.9 Å². The summed E-state index contributed by atoms with van der Waals surface area (Å²) in [6, 6.07) is 10.5. The van der Waals surface area contributed by atoms with E-state index >= 15 is 0 Å². The first-order valence-corrected chi connectivity index (χ1v) is 8.33. The van der Waals surface area contributed by atoms with Gasteiger partial charge in [-0.15, -0.1) is 0 Å². The molecule has 1 amide bonds. The molecule has 2 N–H and O–H groups in total. The number of rotatable bonds is 6. The van der Waals surface area contributed by atoms with Crippen molar-refractivity contribution in [3.05, 3.63) is 35.9 Å². The molecule has 1 aromatic rings. The molecule has 1 aliphatic rings. The summed E-state index contributed by atoms with van der Waals surface area (Å²) in [5.74, 6) is 0.237. The first-order chi connectivity index (χ1) is 10.3. The molecule has 0 saturated heterocycles. The highest BCUT2D eigenvalue weighted by Crippen LogP contribution is 2.28. The molecule has 1 fully saturated rings. The average molecular weight is 288 g/mol. The second kappa shape index (κ2) is 8.18. The van der Waals surface area contributed by atoms with Crippen molar-refractivity contribution in [2.24, 2.45) is 5.73 Å². The minimum atomic E-state index is -0.0281. The molecule has 3 nitrogen and oxygen atoms in total. The molecule has 0 heterocycles. The summed E-state index contributed by atoms with van der Waals surface area (Å²) in [5.41, 5.74) is 6.89. The van der Waals surface area contributed by atoms with Crippen molar-refractivity contribution < 1.29 is 4.79 Å². The lowest BCUT2D eigenvalue weighted by Gasteiger charge is -2.36. The number of hydrogen-bond donors (Lipinski definition) is 1. The maximum absolute atomic E-state index is 13.0. The van der Waals surface area contributed by atoms with Crippen molar-refractivity contribution in [2.45, 2.75) is 57.4 Å². The molecule has 0 aromatic heterocycles. The smallest absolute Gasteiger partial charge is 0.230 e. The summed E-state index contributed by atoms with van der Waals surface area (Å²) in [5, 5.41) is 0. The van der Waals surface area contributed by atoms with Crippen molar-refractivity contribution in [1.82, 2.24) is 4.90 Å². The molecule has 0 bridgehead atoms. The molecule has 0 spiro atoms. The largest absolute Gasteiger partial charge is 0.338 e. The van der Waals surface area contributed by atoms with Crippen LogP contribution < -0.4 is 5.73 Å². The van der Waals surface area contributed by atoms with Crippen LogP contribution in [0.3, 0.4) is 0 Å². The SMILES string of the molecule is CCC(C(=O)N(CCN)C1CCCCC1)c1ccccc1. The summed E-state index contributed by atoms with van der Waals surface area (Å²) in [6.07, 6.45) is 6.89. The Morgan fingerprint density at radius 3 is 2.48 bits per heavy atom. The number of nitrogens with zero attached hydrogens (tertiary/aromatic N) is 1. The number of nitrogens with two attached hydrogens (primary N) is 1. The lowest BCUT2D eigenvalue weighted by atomic mass is 9.90. The van der Waals surface area contributed by atoms with Gasteiger partial charge in [0, 0.05) is 19.1 Å². The van der Waals surface area contributed by atoms with Crippen molar-refractivity contribution in [3.8, 4) is 0 Å². The number of benzene rings is 1. The molecular formula is C18H28N2O. The van der Waals surface area contributed by atoms with Gasteiger partial charge in [-0.2, -0.15) is 0 Å². The zero-order chi connectivity index (χ0) is 15.1. The minimum absolute atomic E-state index is 0.0281. The van der Waals surface area contributed by atoms with Crippen LogP contribution in [0, 0.1) is 0 Å². The van der Waals surface area contributed by atoms with Crippen LogP contribution in [0.5, 0.6) is 0 Å². The van der Waals surface area contributed by atoms with E-state index < -0.39 is 0 Å². The maximum Gasteiger partial charge on any atom is 0.230 e. The number of carbonyl (C=O) groups excluding carboxylic acids is 1. The van der Waals surface area contributed by atoms with Crippen LogP contribution in [0.4, 0.5) is 0 Å². The first-order valence-electron chi connectivity index (χ1n) is 8.33. The number of amides is 1. The fourth-order valence-corrected chi connectivity index (χ4v) is 3.44. The van der Waals surface area contributed by atoms with Gasteiger partial charge in [0.1, 0.15) is 0 Å². The fraction of sp³-hybridized carbons (Fsp3) is 0.611. The van der Waals surface area contributed by atoms with E-state index in [1.54, 1.807) is 0 Å². The third-order valence-corrected chi connectivity index (χ3v) is 4.58. The molecule has 1 atom stereocenters. The van der Waals surface area contributed by atoms with Gasteiger partial charge >= 0.3 is 0 Å². The van der Waals surface area contributed by atoms with Crippen molar-refractivity contribution in [1.29, 1.82) is 0 Å². The Bertz CT molecular complexity index is 426. The van der Waals surface area contributed by atoms with Gasteiger partial charge in [-0.25, -0.2) is 0 Å². The van der Waals surface area contributed by atoms with E-state index in [2.05, 4.69) is 24.0 Å². The lowest BCUT2D eigenvalue weighted by Crippen LogP contribution is -2.46. The van der Waals surface area contributed by atoms with Gasteiger partial charge in [-0.05, 0) is 24.8 Å². The topological polar surface area (TPSA) is 46.3 Å². The molecule has 0 aliphatic heterocycles. The summed E-state index contributed by atoms with van der Waals surface area (Å²) in [6.45, 7) is 3.33. The molecule has 1 aliphatic carbocycles. The van der Waals surface area contributed by atoms with E-state index in [-0.39, 0.29) is 11.8 Å². The van der Waals surface area contributed by atoms with Crippen LogP contribution in [0.25, 0.3) is 0 Å². The van der Waals surface area contributed by atoms with Crippen LogP contribution >= 0.6 is 0 Å². The number of hydrogen-bond acceptors (Lipinski definition) is 2. The second-order valence-corrected chi connectivity index (χ2v) is 5.98. The third-order valence-electron chi connectivity index (χ3n) is 4.58. The Hall–Kier alpha value is -1.35. The molecule has 3 heteroatoms. The Morgan fingerprint density at radius 2 is 1.90 bits per heavy atom. The fourth-order valence-electron chi connectivity index (χ4n) is 3.44. The minimum Gasteiger partial charge on any atom is -0.338 e. The highest BCUT2D eigenvalue weighted by Gasteiger charge is 2.29. The molecule has 21 heavy (non-hydrogen) atoms. The van der Waals surface area contributed by atoms with Crippen molar-refractivity contribution >= 4 is 5.91 Å². The zero-order valence-electron chi connectivity index (χ0n) is 13.1. The molecule has 1 unspecified atom stereocenters. The molecule has 0 radical (unpaired) electrons. The van der Waals surface area contributed by atoms with Crippen molar-refractivity contribution in [3.63, 3.8) is 0 Å². The Balaban J connectivity index is 2.15. The normalized spacial score (nSPS) is 17.4. The number of carbonyl (C=O) groups is 1. The van der Waals surface area contributed by atoms with E-state index in [9.17, 15) is 4.79 Å². The Morgan fingerprint density at radius 1 is 1.24 bits per heavy atom. The van der Waals surface area contributed by atoms with Crippen LogP contribution in [0.15, 0.2) is 30.3 Å². The van der Waals surface area contributed by atoms with Gasteiger partial charge in [0.15, 0.2) is 0 Å². The summed E-state index contributed by atoms with van der Waals surface area (Å²) in [4.78, 5) is 15.1. The first kappa shape index (κ1) is 16.0. The summed E-state index contributed by atoms with van der Waals surface area (Å²) >= 11 is 0. The molecule has 1 saturated carbocycles. The van der Waals surface area contributed by atoms with E-state index in [1.165, 1.54) is 19.3 Å². The Kier molecular flexibility index (Phi) is 6.24. The highest BCUT2D eigenvalue weighted by molar-refractivity contribution is 5.84. The Labute approximate surface area is 128 Å². The molecule has 2 rings (SSSR count). The van der Waals surface area contributed by atoms with Crippen LogP contribution in [-0.4, -0.2) is 29.9 Å². The predicted molar refractivity (Wildman–Crippen MR) is 87.1 cm³/mol. The average Bonchev–Trinajstić information content (AvgIpc) is 2.55. The monoisotopic (exact) mass is 288 g/mol. The summed E-state index contributed by atoms with van der Waals surface area (Å²) in [7, 11) is 0. The zero-order valence-corrected chi connectivity index (χ0v) is 13.1. The van der Waals surface area contributed by atoms with Crippen molar-refractivity contribution in [2.75, 3.05) is 13.1 Å². The second-order valence-electron chi connectivity index (χ2n) is 5.98. The van der Waals surface area contributed by atoms with Crippen LogP contribution in [0.2, 0.25) is 0 Å². The standard InChI is InChI=1S/C18H28N2O/c1-2-17(15-9-5-3-6-10-15)18(21)20(14-13-19)16-11-7-4-8-12-16/h3,5-6,9-10,16-17H,2,4,7-8,11-14,19H2,1H3. The van der Waals surface area contributed by atoms with Gasteiger partial charge in [-0.1, -0.05) is 56.5 Å². The highest BCUT2D eigenvalue weighted by atomic mass is 16.2. The maximum atomic E-state index is 13.0. The van der Waals surface area contributed by atoms with Gasteiger partial charge in [-0.3, -0.25) is 4.79 Å².